The molecule has 0 aliphatic heterocycles. The van der Waals surface area contributed by atoms with Gasteiger partial charge in [0.15, 0.2) is 0 Å². The molecule has 1 aromatic heterocycles. The van der Waals surface area contributed by atoms with Crippen LogP contribution in [0, 0.1) is 5.82 Å². The zero-order chi connectivity index (χ0) is 14.7. The first-order valence-electron chi connectivity index (χ1n) is 6.15. The van der Waals surface area contributed by atoms with Gasteiger partial charge in [0.25, 0.3) is 0 Å². The molecule has 106 valence electrons. The topological polar surface area (TPSA) is 56.1 Å². The van der Waals surface area contributed by atoms with Crippen molar-refractivity contribution in [3.05, 3.63) is 47.5 Å². The molecule has 2 rings (SSSR count). The molecule has 0 saturated heterocycles. The lowest BCUT2D eigenvalue weighted by atomic mass is 10.1. The van der Waals surface area contributed by atoms with Crippen molar-refractivity contribution in [3.63, 3.8) is 0 Å². The fourth-order valence-corrected chi connectivity index (χ4v) is 2.04. The number of aromatic nitrogens is 2. The molecule has 0 aliphatic carbocycles. The Morgan fingerprint density at radius 2 is 2.20 bits per heavy atom. The van der Waals surface area contributed by atoms with Gasteiger partial charge < -0.3 is 10.1 Å². The molecule has 2 aromatic rings. The van der Waals surface area contributed by atoms with Crippen molar-refractivity contribution in [2.24, 2.45) is 7.05 Å². The Labute approximate surface area is 116 Å². The number of anilines is 1. The summed E-state index contributed by atoms with van der Waals surface area (Å²) in [7, 11) is 3.11. The Morgan fingerprint density at radius 3 is 2.80 bits per heavy atom. The second kappa shape index (κ2) is 5.73. The van der Waals surface area contributed by atoms with E-state index in [1.54, 1.807) is 10.9 Å². The number of rotatable bonds is 4. The Hall–Kier alpha value is -2.37. The number of aryl methyl sites for hydroxylation is 1. The number of nitrogens with zero attached hydrogens (tertiary/aromatic N) is 2. The van der Waals surface area contributed by atoms with E-state index in [0.717, 1.165) is 5.69 Å². The van der Waals surface area contributed by atoms with Gasteiger partial charge in [0.1, 0.15) is 5.82 Å². The summed E-state index contributed by atoms with van der Waals surface area (Å²) in [6.07, 6.45) is 1.68. The first-order chi connectivity index (χ1) is 9.52. The average Bonchev–Trinajstić information content (AvgIpc) is 2.84. The monoisotopic (exact) mass is 277 g/mol. The highest BCUT2D eigenvalue weighted by molar-refractivity contribution is 5.95. The van der Waals surface area contributed by atoms with Crippen molar-refractivity contribution in [2.75, 3.05) is 12.4 Å². The molecular weight excluding hydrogens is 261 g/mol. The molecule has 1 N–H and O–H groups in total. The Morgan fingerprint density at radius 1 is 1.45 bits per heavy atom. The Kier molecular flexibility index (Phi) is 4.02. The third-order valence-electron chi connectivity index (χ3n) is 3.06. The number of ether oxygens (including phenoxy) is 1. The van der Waals surface area contributed by atoms with E-state index in [-0.39, 0.29) is 6.04 Å². The van der Waals surface area contributed by atoms with Crippen molar-refractivity contribution >= 4 is 11.7 Å². The summed E-state index contributed by atoms with van der Waals surface area (Å²) in [4.78, 5) is 11.7. The normalized spacial score (nSPS) is 12.0. The summed E-state index contributed by atoms with van der Waals surface area (Å²) in [6, 6.07) is 5.63. The van der Waals surface area contributed by atoms with Crippen LogP contribution in [0.25, 0.3) is 0 Å². The number of halogens is 1. The van der Waals surface area contributed by atoms with E-state index in [1.807, 2.05) is 20.0 Å². The zero-order valence-corrected chi connectivity index (χ0v) is 11.6. The number of carbonyl (C=O) groups is 1. The lowest BCUT2D eigenvalue weighted by molar-refractivity contribution is 0.0601. The summed E-state index contributed by atoms with van der Waals surface area (Å²) in [5, 5.41) is 7.19. The van der Waals surface area contributed by atoms with Crippen LogP contribution in [0.4, 0.5) is 10.1 Å². The second-order valence-corrected chi connectivity index (χ2v) is 4.43. The summed E-state index contributed by atoms with van der Waals surface area (Å²) in [6.45, 7) is 1.91. The van der Waals surface area contributed by atoms with E-state index in [1.165, 1.54) is 25.3 Å². The van der Waals surface area contributed by atoms with Crippen molar-refractivity contribution in [1.29, 1.82) is 0 Å². The quantitative estimate of drug-likeness (QED) is 0.872. The molecule has 0 spiro atoms. The van der Waals surface area contributed by atoms with Crippen molar-refractivity contribution in [2.45, 2.75) is 13.0 Å². The fraction of sp³-hybridized carbons (Fsp3) is 0.286. The van der Waals surface area contributed by atoms with E-state index in [0.29, 0.717) is 11.3 Å². The van der Waals surface area contributed by atoms with Crippen LogP contribution < -0.4 is 5.32 Å². The third-order valence-corrected chi connectivity index (χ3v) is 3.06. The van der Waals surface area contributed by atoms with E-state index >= 15 is 0 Å². The molecule has 0 bridgehead atoms. The molecule has 0 aliphatic rings. The minimum Gasteiger partial charge on any atom is -0.465 e. The van der Waals surface area contributed by atoms with Gasteiger partial charge in [0, 0.05) is 13.2 Å². The summed E-state index contributed by atoms with van der Waals surface area (Å²) in [5.41, 5.74) is 1.61. The van der Waals surface area contributed by atoms with E-state index in [4.69, 9.17) is 4.74 Å². The van der Waals surface area contributed by atoms with Crippen LogP contribution in [-0.2, 0) is 11.8 Å². The number of carbonyl (C=O) groups excluding carboxylic acids is 1. The van der Waals surface area contributed by atoms with Crippen molar-refractivity contribution in [1.82, 2.24) is 9.78 Å². The standard InChI is InChI=1S/C14H16FN3O2/c1-9(13-6-7-16-18(13)2)17-12-8-10(15)4-5-11(12)14(19)20-3/h4-9,17H,1-3H3. The van der Waals surface area contributed by atoms with Gasteiger partial charge in [-0.15, -0.1) is 0 Å². The maximum Gasteiger partial charge on any atom is 0.339 e. The molecule has 1 aromatic carbocycles. The maximum atomic E-state index is 13.4. The van der Waals surface area contributed by atoms with E-state index < -0.39 is 11.8 Å². The zero-order valence-electron chi connectivity index (χ0n) is 11.6. The SMILES string of the molecule is COC(=O)c1ccc(F)cc1NC(C)c1ccnn1C. The van der Waals surface area contributed by atoms with E-state index in [2.05, 4.69) is 10.4 Å². The highest BCUT2D eigenvalue weighted by Crippen LogP contribution is 2.23. The molecule has 0 amide bonds. The molecule has 0 fully saturated rings. The molecule has 5 nitrogen and oxygen atoms in total. The lowest BCUT2D eigenvalue weighted by Gasteiger charge is -2.17. The Bertz CT molecular complexity index is 625. The van der Waals surface area contributed by atoms with Gasteiger partial charge in [0.05, 0.1) is 30.1 Å². The number of nitrogens with one attached hydrogen (secondary N) is 1. The summed E-state index contributed by atoms with van der Waals surface area (Å²) in [5.74, 6) is -0.929. The van der Waals surface area contributed by atoms with Crippen LogP contribution in [0.5, 0.6) is 0 Å². The summed E-state index contributed by atoms with van der Waals surface area (Å²) < 4.78 is 19.8. The van der Waals surface area contributed by atoms with Gasteiger partial charge in [0.2, 0.25) is 0 Å². The highest BCUT2D eigenvalue weighted by Gasteiger charge is 2.16. The number of benzene rings is 1. The molecular formula is C14H16FN3O2. The van der Waals surface area contributed by atoms with Crippen LogP contribution in [0.1, 0.15) is 29.0 Å². The third kappa shape index (κ3) is 2.79. The number of hydrogen-bond donors (Lipinski definition) is 1. The molecule has 1 heterocycles. The Balaban J connectivity index is 2.30. The van der Waals surface area contributed by atoms with Crippen LogP contribution >= 0.6 is 0 Å². The molecule has 1 unspecified atom stereocenters. The molecule has 0 radical (unpaired) electrons. The number of esters is 1. The van der Waals surface area contributed by atoms with Gasteiger partial charge in [-0.25, -0.2) is 9.18 Å². The van der Waals surface area contributed by atoms with Crippen molar-refractivity contribution in [3.8, 4) is 0 Å². The summed E-state index contributed by atoms with van der Waals surface area (Å²) >= 11 is 0. The van der Waals surface area contributed by atoms with Gasteiger partial charge in [-0.05, 0) is 31.2 Å². The minimum absolute atomic E-state index is 0.132. The van der Waals surface area contributed by atoms with Gasteiger partial charge in [-0.1, -0.05) is 0 Å². The number of hydrogen-bond acceptors (Lipinski definition) is 4. The van der Waals surface area contributed by atoms with Crippen LogP contribution in [0.3, 0.4) is 0 Å². The maximum absolute atomic E-state index is 13.4. The number of methoxy groups -OCH3 is 1. The van der Waals surface area contributed by atoms with Gasteiger partial charge in [-0.3, -0.25) is 4.68 Å². The molecule has 1 atom stereocenters. The van der Waals surface area contributed by atoms with Crippen LogP contribution in [-0.4, -0.2) is 22.9 Å². The van der Waals surface area contributed by atoms with Gasteiger partial charge >= 0.3 is 5.97 Å². The predicted molar refractivity (Wildman–Crippen MR) is 73.0 cm³/mol. The first-order valence-corrected chi connectivity index (χ1v) is 6.15. The molecule has 0 saturated carbocycles. The largest absolute Gasteiger partial charge is 0.465 e. The fourth-order valence-electron chi connectivity index (χ4n) is 2.04. The molecule has 6 heteroatoms. The second-order valence-electron chi connectivity index (χ2n) is 4.43. The van der Waals surface area contributed by atoms with Crippen molar-refractivity contribution < 1.29 is 13.9 Å². The predicted octanol–water partition coefficient (Wildman–Crippen LogP) is 2.52. The lowest BCUT2D eigenvalue weighted by Crippen LogP contribution is -2.14. The van der Waals surface area contributed by atoms with Gasteiger partial charge in [-0.2, -0.15) is 5.10 Å². The van der Waals surface area contributed by atoms with Crippen LogP contribution in [0.15, 0.2) is 30.5 Å². The highest BCUT2D eigenvalue weighted by atomic mass is 19.1. The molecule has 20 heavy (non-hydrogen) atoms. The van der Waals surface area contributed by atoms with Crippen LogP contribution in [0.2, 0.25) is 0 Å². The first kappa shape index (κ1) is 14.0. The minimum atomic E-state index is -0.510. The smallest absolute Gasteiger partial charge is 0.339 e. The average molecular weight is 277 g/mol. The van der Waals surface area contributed by atoms with E-state index in [9.17, 15) is 9.18 Å².